The van der Waals surface area contributed by atoms with E-state index in [0.29, 0.717) is 12.3 Å². The molecule has 6 heteroatoms. The minimum absolute atomic E-state index is 0.0936. The fraction of sp³-hybridized carbons (Fsp3) is 0.538. The molecule has 5 nitrogen and oxygen atoms in total. The standard InChI is InChI=1S/C13H20N2O3S/c1-3-14-9-10-4-7-13(12(8-10)18-2)19(16,17)15-11-5-6-11/h4,7-8,11,14-15H,3,5-6,9H2,1-2H3. The Balaban J connectivity index is 2.24. The molecule has 19 heavy (non-hydrogen) atoms. The predicted molar refractivity (Wildman–Crippen MR) is 73.7 cm³/mol. The lowest BCUT2D eigenvalue weighted by Crippen LogP contribution is -2.26. The first-order valence-electron chi connectivity index (χ1n) is 6.46. The predicted octanol–water partition coefficient (Wildman–Crippen LogP) is 1.25. The highest BCUT2D eigenvalue weighted by atomic mass is 32.2. The largest absolute Gasteiger partial charge is 0.495 e. The first-order chi connectivity index (χ1) is 9.06. The van der Waals surface area contributed by atoms with Crippen LogP contribution in [0.5, 0.6) is 5.75 Å². The first kappa shape index (κ1) is 14.3. The normalized spacial score (nSPS) is 15.5. The van der Waals surface area contributed by atoms with Gasteiger partial charge in [0, 0.05) is 12.6 Å². The molecule has 1 aliphatic rings. The fourth-order valence-corrected chi connectivity index (χ4v) is 3.25. The number of hydrogen-bond acceptors (Lipinski definition) is 4. The van der Waals surface area contributed by atoms with Crippen molar-refractivity contribution >= 4 is 10.0 Å². The highest BCUT2D eigenvalue weighted by Gasteiger charge is 2.29. The van der Waals surface area contributed by atoms with Crippen LogP contribution in [-0.2, 0) is 16.6 Å². The molecule has 1 aromatic carbocycles. The molecule has 2 N–H and O–H groups in total. The van der Waals surface area contributed by atoms with Gasteiger partial charge in [0.05, 0.1) is 7.11 Å². The summed E-state index contributed by atoms with van der Waals surface area (Å²) in [5.74, 6) is 0.392. The van der Waals surface area contributed by atoms with E-state index < -0.39 is 10.0 Å². The van der Waals surface area contributed by atoms with E-state index in [4.69, 9.17) is 4.74 Å². The highest BCUT2D eigenvalue weighted by molar-refractivity contribution is 7.89. The Morgan fingerprint density at radius 2 is 2.11 bits per heavy atom. The molecule has 1 aromatic rings. The van der Waals surface area contributed by atoms with Gasteiger partial charge in [-0.25, -0.2) is 13.1 Å². The summed E-state index contributed by atoms with van der Waals surface area (Å²) in [7, 11) is -1.98. The Morgan fingerprint density at radius 1 is 1.37 bits per heavy atom. The first-order valence-corrected chi connectivity index (χ1v) is 7.95. The van der Waals surface area contributed by atoms with Crippen LogP contribution in [0.4, 0.5) is 0 Å². The molecule has 0 aromatic heterocycles. The van der Waals surface area contributed by atoms with Crippen LogP contribution >= 0.6 is 0 Å². The Labute approximate surface area is 114 Å². The number of sulfonamides is 1. The molecule has 1 saturated carbocycles. The minimum atomic E-state index is -3.47. The van der Waals surface area contributed by atoms with Crippen LogP contribution in [-0.4, -0.2) is 28.1 Å². The number of benzene rings is 1. The van der Waals surface area contributed by atoms with Gasteiger partial charge in [0.2, 0.25) is 10.0 Å². The molecule has 2 rings (SSSR count). The van der Waals surface area contributed by atoms with Gasteiger partial charge in [0.15, 0.2) is 0 Å². The third-order valence-corrected chi connectivity index (χ3v) is 4.56. The van der Waals surface area contributed by atoms with E-state index in [1.54, 1.807) is 12.1 Å². The average Bonchev–Trinajstić information content (AvgIpc) is 3.19. The van der Waals surface area contributed by atoms with Crippen LogP contribution in [0.25, 0.3) is 0 Å². The van der Waals surface area contributed by atoms with Crippen molar-refractivity contribution < 1.29 is 13.2 Å². The third-order valence-electron chi connectivity index (χ3n) is 3.00. The summed E-state index contributed by atoms with van der Waals surface area (Å²) in [6.07, 6.45) is 1.83. The van der Waals surface area contributed by atoms with E-state index in [2.05, 4.69) is 10.0 Å². The number of ether oxygens (including phenoxy) is 1. The third kappa shape index (κ3) is 3.68. The van der Waals surface area contributed by atoms with Crippen molar-refractivity contribution in [3.63, 3.8) is 0 Å². The SMILES string of the molecule is CCNCc1ccc(S(=O)(=O)NC2CC2)c(OC)c1. The molecule has 0 amide bonds. The Morgan fingerprint density at radius 3 is 2.68 bits per heavy atom. The van der Waals surface area contributed by atoms with Crippen LogP contribution in [0, 0.1) is 0 Å². The van der Waals surface area contributed by atoms with Crippen LogP contribution in [0.1, 0.15) is 25.3 Å². The molecule has 0 unspecified atom stereocenters. The lowest BCUT2D eigenvalue weighted by atomic mass is 10.2. The summed E-state index contributed by atoms with van der Waals surface area (Å²) in [6.45, 7) is 3.59. The zero-order valence-electron chi connectivity index (χ0n) is 11.3. The molecular formula is C13H20N2O3S. The van der Waals surface area contributed by atoms with Gasteiger partial charge in [0.1, 0.15) is 10.6 Å². The van der Waals surface area contributed by atoms with Gasteiger partial charge in [-0.1, -0.05) is 13.0 Å². The summed E-state index contributed by atoms with van der Waals surface area (Å²) in [4.78, 5) is 0.210. The molecule has 0 heterocycles. The van der Waals surface area contributed by atoms with Crippen LogP contribution in [0.15, 0.2) is 23.1 Å². The highest BCUT2D eigenvalue weighted by Crippen LogP contribution is 2.28. The summed E-state index contributed by atoms with van der Waals surface area (Å²) in [5, 5.41) is 3.20. The van der Waals surface area contributed by atoms with Crippen molar-refractivity contribution in [3.8, 4) is 5.75 Å². The van der Waals surface area contributed by atoms with E-state index in [-0.39, 0.29) is 10.9 Å². The second kappa shape index (κ2) is 5.90. The zero-order valence-corrected chi connectivity index (χ0v) is 12.1. The van der Waals surface area contributed by atoms with E-state index >= 15 is 0 Å². The molecule has 0 atom stereocenters. The maximum atomic E-state index is 12.2. The van der Waals surface area contributed by atoms with Crippen LogP contribution < -0.4 is 14.8 Å². The Hall–Kier alpha value is -1.11. The Bertz CT molecular complexity index is 539. The molecule has 0 aliphatic heterocycles. The smallest absolute Gasteiger partial charge is 0.244 e. The molecular weight excluding hydrogens is 264 g/mol. The zero-order chi connectivity index (χ0) is 13.9. The Kier molecular flexibility index (Phi) is 4.44. The number of nitrogens with one attached hydrogen (secondary N) is 2. The van der Waals surface area contributed by atoms with Gasteiger partial charge in [-0.05, 0) is 37.1 Å². The van der Waals surface area contributed by atoms with E-state index in [9.17, 15) is 8.42 Å². The van der Waals surface area contributed by atoms with Gasteiger partial charge >= 0.3 is 0 Å². The van der Waals surface area contributed by atoms with Gasteiger partial charge in [-0.3, -0.25) is 0 Å². The molecule has 106 valence electrons. The second-order valence-corrected chi connectivity index (χ2v) is 6.34. The average molecular weight is 284 g/mol. The second-order valence-electron chi connectivity index (χ2n) is 4.66. The topological polar surface area (TPSA) is 67.4 Å². The van der Waals surface area contributed by atoms with Crippen molar-refractivity contribution in [1.29, 1.82) is 0 Å². The molecule has 0 spiro atoms. The monoisotopic (exact) mass is 284 g/mol. The van der Waals surface area contributed by atoms with Crippen molar-refractivity contribution in [2.75, 3.05) is 13.7 Å². The van der Waals surface area contributed by atoms with Crippen LogP contribution in [0.2, 0.25) is 0 Å². The van der Waals surface area contributed by atoms with Gasteiger partial charge in [-0.15, -0.1) is 0 Å². The van der Waals surface area contributed by atoms with E-state index in [1.807, 2.05) is 13.0 Å². The molecule has 1 fully saturated rings. The van der Waals surface area contributed by atoms with Crippen molar-refractivity contribution in [2.45, 2.75) is 37.2 Å². The minimum Gasteiger partial charge on any atom is -0.495 e. The maximum Gasteiger partial charge on any atom is 0.244 e. The molecule has 1 aliphatic carbocycles. The maximum absolute atomic E-state index is 12.2. The van der Waals surface area contributed by atoms with E-state index in [1.165, 1.54) is 7.11 Å². The van der Waals surface area contributed by atoms with Crippen molar-refractivity contribution in [3.05, 3.63) is 23.8 Å². The van der Waals surface area contributed by atoms with Crippen molar-refractivity contribution in [1.82, 2.24) is 10.0 Å². The number of rotatable bonds is 7. The van der Waals surface area contributed by atoms with Gasteiger partial charge in [0.25, 0.3) is 0 Å². The summed E-state index contributed by atoms with van der Waals surface area (Å²) in [6, 6.07) is 5.28. The van der Waals surface area contributed by atoms with E-state index in [0.717, 1.165) is 24.9 Å². The van der Waals surface area contributed by atoms with Gasteiger partial charge < -0.3 is 10.1 Å². The van der Waals surface area contributed by atoms with Crippen molar-refractivity contribution in [2.24, 2.45) is 0 Å². The summed E-state index contributed by atoms with van der Waals surface area (Å²) < 4.78 is 32.2. The number of methoxy groups -OCH3 is 1. The lowest BCUT2D eigenvalue weighted by Gasteiger charge is -2.12. The quantitative estimate of drug-likeness (QED) is 0.790. The van der Waals surface area contributed by atoms with Gasteiger partial charge in [-0.2, -0.15) is 0 Å². The summed E-state index contributed by atoms with van der Waals surface area (Å²) in [5.41, 5.74) is 1.00. The van der Waals surface area contributed by atoms with Crippen LogP contribution in [0.3, 0.4) is 0 Å². The molecule has 0 radical (unpaired) electrons. The molecule has 0 saturated heterocycles. The lowest BCUT2D eigenvalue weighted by molar-refractivity contribution is 0.401. The summed E-state index contributed by atoms with van der Waals surface area (Å²) >= 11 is 0. The number of hydrogen-bond donors (Lipinski definition) is 2. The molecule has 0 bridgehead atoms. The fourth-order valence-electron chi connectivity index (χ4n) is 1.80.